The highest BCUT2D eigenvalue weighted by Gasteiger charge is 2.51. The predicted octanol–water partition coefficient (Wildman–Crippen LogP) is 0.376. The fourth-order valence-corrected chi connectivity index (χ4v) is 2.44. The van der Waals surface area contributed by atoms with Crippen LogP contribution < -0.4 is 5.32 Å². The third-order valence-electron chi connectivity index (χ3n) is 3.77. The van der Waals surface area contributed by atoms with Crippen molar-refractivity contribution in [2.45, 2.75) is 24.9 Å². The molecule has 0 unspecified atom stereocenters. The van der Waals surface area contributed by atoms with E-state index >= 15 is 0 Å². The monoisotopic (exact) mass is 274 g/mol. The van der Waals surface area contributed by atoms with E-state index in [-0.39, 0.29) is 12.5 Å². The molecular weight excluding hydrogens is 260 g/mol. The van der Waals surface area contributed by atoms with Crippen LogP contribution in [0.15, 0.2) is 24.3 Å². The molecule has 2 aliphatic rings. The number of nitrogens with one attached hydrogen (secondary N) is 1. The standard InChI is InChI=1S/C14H14N2O4/c17-11(15-14(5-6-14)13(19)20)8-16-7-9-3-1-2-4-10(9)12(16)18/h1-4H,5-8H2,(H,15,17)(H,19,20). The van der Waals surface area contributed by atoms with Gasteiger partial charge in [0.15, 0.2) is 0 Å². The molecule has 0 spiro atoms. The highest BCUT2D eigenvalue weighted by atomic mass is 16.4. The first-order valence-electron chi connectivity index (χ1n) is 6.43. The van der Waals surface area contributed by atoms with Crippen LogP contribution in [0.5, 0.6) is 0 Å². The number of benzene rings is 1. The lowest BCUT2D eigenvalue weighted by Gasteiger charge is -2.18. The van der Waals surface area contributed by atoms with Crippen molar-refractivity contribution in [3.63, 3.8) is 0 Å². The summed E-state index contributed by atoms with van der Waals surface area (Å²) in [5.41, 5.74) is 0.400. The molecule has 0 atom stereocenters. The Morgan fingerprint density at radius 1 is 1.30 bits per heavy atom. The highest BCUT2D eigenvalue weighted by molar-refractivity contribution is 6.00. The molecule has 0 aromatic heterocycles. The number of fused-ring (bicyclic) bond motifs is 1. The summed E-state index contributed by atoms with van der Waals surface area (Å²) in [6.07, 6.45) is 0.893. The van der Waals surface area contributed by atoms with Crippen molar-refractivity contribution in [1.82, 2.24) is 10.2 Å². The number of rotatable bonds is 4. The van der Waals surface area contributed by atoms with Gasteiger partial charge in [-0.25, -0.2) is 4.79 Å². The normalized spacial score (nSPS) is 18.6. The minimum atomic E-state index is -1.10. The molecule has 1 saturated carbocycles. The average Bonchev–Trinajstić information content (AvgIpc) is 3.12. The van der Waals surface area contributed by atoms with Crippen molar-refractivity contribution in [1.29, 1.82) is 0 Å². The maximum atomic E-state index is 12.1. The minimum absolute atomic E-state index is 0.109. The summed E-state index contributed by atoms with van der Waals surface area (Å²) in [7, 11) is 0. The molecule has 1 heterocycles. The van der Waals surface area contributed by atoms with Gasteiger partial charge in [-0.3, -0.25) is 9.59 Å². The molecule has 1 aromatic rings. The van der Waals surface area contributed by atoms with Crippen LogP contribution in [0.1, 0.15) is 28.8 Å². The molecule has 1 aliphatic carbocycles. The van der Waals surface area contributed by atoms with Crippen molar-refractivity contribution in [2.75, 3.05) is 6.54 Å². The molecule has 6 nitrogen and oxygen atoms in total. The molecule has 20 heavy (non-hydrogen) atoms. The largest absolute Gasteiger partial charge is 0.480 e. The first-order valence-corrected chi connectivity index (χ1v) is 6.43. The third-order valence-corrected chi connectivity index (χ3v) is 3.77. The number of aliphatic carboxylic acids is 1. The van der Waals surface area contributed by atoms with Gasteiger partial charge in [0.1, 0.15) is 12.1 Å². The van der Waals surface area contributed by atoms with E-state index in [1.54, 1.807) is 12.1 Å². The second-order valence-corrected chi connectivity index (χ2v) is 5.25. The molecule has 0 saturated heterocycles. The number of amides is 2. The van der Waals surface area contributed by atoms with Crippen molar-refractivity contribution in [3.05, 3.63) is 35.4 Å². The van der Waals surface area contributed by atoms with E-state index in [4.69, 9.17) is 5.11 Å². The van der Waals surface area contributed by atoms with Crippen LogP contribution in [0.25, 0.3) is 0 Å². The van der Waals surface area contributed by atoms with Gasteiger partial charge in [-0.2, -0.15) is 0 Å². The van der Waals surface area contributed by atoms with Gasteiger partial charge in [0.25, 0.3) is 5.91 Å². The van der Waals surface area contributed by atoms with Gasteiger partial charge in [0.2, 0.25) is 5.91 Å². The molecule has 1 fully saturated rings. The third kappa shape index (κ3) is 2.03. The Kier molecular flexibility index (Phi) is 2.74. The summed E-state index contributed by atoms with van der Waals surface area (Å²) >= 11 is 0. The number of hydrogen-bond donors (Lipinski definition) is 2. The molecule has 2 N–H and O–H groups in total. The van der Waals surface area contributed by atoms with Crippen molar-refractivity contribution >= 4 is 17.8 Å². The fraction of sp³-hybridized carbons (Fsp3) is 0.357. The quantitative estimate of drug-likeness (QED) is 0.830. The molecule has 104 valence electrons. The van der Waals surface area contributed by atoms with Gasteiger partial charge in [0, 0.05) is 12.1 Å². The van der Waals surface area contributed by atoms with Gasteiger partial charge < -0.3 is 15.3 Å². The molecule has 0 bridgehead atoms. The summed E-state index contributed by atoms with van der Waals surface area (Å²) in [5.74, 6) is -1.62. The van der Waals surface area contributed by atoms with Gasteiger partial charge >= 0.3 is 5.97 Å². The number of carbonyl (C=O) groups excluding carboxylic acids is 2. The Bertz CT molecular complexity index is 607. The van der Waals surface area contributed by atoms with Gasteiger partial charge in [-0.05, 0) is 24.5 Å². The Morgan fingerprint density at radius 3 is 2.60 bits per heavy atom. The first kappa shape index (κ1) is 12.7. The van der Waals surface area contributed by atoms with Crippen molar-refractivity contribution in [2.24, 2.45) is 0 Å². The molecular formula is C14H14N2O4. The Morgan fingerprint density at radius 2 is 2.00 bits per heavy atom. The molecule has 1 aliphatic heterocycles. The highest BCUT2D eigenvalue weighted by Crippen LogP contribution is 2.35. The van der Waals surface area contributed by atoms with Gasteiger partial charge in [-0.15, -0.1) is 0 Å². The SMILES string of the molecule is O=C(CN1Cc2ccccc2C1=O)NC1(C(=O)O)CC1. The maximum absolute atomic E-state index is 12.1. The Balaban J connectivity index is 1.64. The lowest BCUT2D eigenvalue weighted by Crippen LogP contribution is -2.47. The summed E-state index contributed by atoms with van der Waals surface area (Å²) in [4.78, 5) is 36.4. The second-order valence-electron chi connectivity index (χ2n) is 5.25. The zero-order valence-electron chi connectivity index (χ0n) is 10.8. The minimum Gasteiger partial charge on any atom is -0.480 e. The van der Waals surface area contributed by atoms with Crippen LogP contribution in [0.2, 0.25) is 0 Å². The molecule has 0 radical (unpaired) electrons. The fourth-order valence-electron chi connectivity index (χ4n) is 2.44. The summed E-state index contributed by atoms with van der Waals surface area (Å²) in [6.45, 7) is 0.283. The van der Waals surface area contributed by atoms with E-state index in [0.717, 1.165) is 5.56 Å². The smallest absolute Gasteiger partial charge is 0.329 e. The van der Waals surface area contributed by atoms with E-state index < -0.39 is 17.4 Å². The second kappa shape index (κ2) is 4.33. The van der Waals surface area contributed by atoms with Crippen molar-refractivity contribution in [3.8, 4) is 0 Å². The predicted molar refractivity (Wildman–Crippen MR) is 68.9 cm³/mol. The zero-order valence-corrected chi connectivity index (χ0v) is 10.8. The molecule has 2 amide bonds. The number of carbonyl (C=O) groups is 3. The van der Waals surface area contributed by atoms with Gasteiger partial charge in [-0.1, -0.05) is 18.2 Å². The first-order chi connectivity index (χ1) is 9.52. The summed E-state index contributed by atoms with van der Waals surface area (Å²) in [6, 6.07) is 7.21. The maximum Gasteiger partial charge on any atom is 0.329 e. The van der Waals surface area contributed by atoms with Crippen LogP contribution in [-0.4, -0.2) is 39.9 Å². The molecule has 6 heteroatoms. The van der Waals surface area contributed by atoms with Crippen LogP contribution in [-0.2, 0) is 16.1 Å². The van der Waals surface area contributed by atoms with Crippen LogP contribution in [0.3, 0.4) is 0 Å². The molecule has 3 rings (SSSR count). The number of hydrogen-bond acceptors (Lipinski definition) is 3. The van der Waals surface area contributed by atoms with Crippen molar-refractivity contribution < 1.29 is 19.5 Å². The van der Waals surface area contributed by atoms with Crippen LogP contribution in [0, 0.1) is 0 Å². The van der Waals surface area contributed by atoms with E-state index in [9.17, 15) is 14.4 Å². The zero-order chi connectivity index (χ0) is 14.3. The lowest BCUT2D eigenvalue weighted by molar-refractivity contribution is -0.143. The van der Waals surface area contributed by atoms with E-state index in [2.05, 4.69) is 5.32 Å². The average molecular weight is 274 g/mol. The van der Waals surface area contributed by atoms with Crippen LogP contribution >= 0.6 is 0 Å². The summed E-state index contributed by atoms with van der Waals surface area (Å²) < 4.78 is 0. The van der Waals surface area contributed by atoms with E-state index in [0.29, 0.717) is 24.9 Å². The van der Waals surface area contributed by atoms with Gasteiger partial charge in [0.05, 0.1) is 0 Å². The van der Waals surface area contributed by atoms with E-state index in [1.807, 2.05) is 12.1 Å². The Hall–Kier alpha value is -2.37. The van der Waals surface area contributed by atoms with E-state index in [1.165, 1.54) is 4.90 Å². The number of carboxylic acids is 1. The molecule has 1 aromatic carbocycles. The Labute approximate surface area is 115 Å². The van der Waals surface area contributed by atoms with Crippen LogP contribution in [0.4, 0.5) is 0 Å². The lowest BCUT2D eigenvalue weighted by atomic mass is 10.1. The summed E-state index contributed by atoms with van der Waals surface area (Å²) in [5, 5.41) is 11.5. The number of nitrogens with zero attached hydrogens (tertiary/aromatic N) is 1. The number of carboxylic acid groups (broad SMARTS) is 1. The topological polar surface area (TPSA) is 86.7 Å².